The maximum absolute atomic E-state index is 16.0. The summed E-state index contributed by atoms with van der Waals surface area (Å²) in [4.78, 5) is 15.5. The van der Waals surface area contributed by atoms with Crippen molar-refractivity contribution in [1.29, 1.82) is 0 Å². The number of hydrogen-bond acceptors (Lipinski definition) is 2. The second-order valence-corrected chi connectivity index (χ2v) is 9.65. The standard InChI is InChI=1S/C25H32FN3O/c1-2-23(18-29-16-10-21(23)11-17-29)27-22(30)28-25(14-15-25)24(26)12-8-20(9-13-24)19-6-4-3-5-7-19/h3-9,12,21H,2,10-11,13-18H2,1H3,(H2,27,28,30). The minimum atomic E-state index is -1.53. The third-order valence-corrected chi connectivity index (χ3v) is 8.02. The van der Waals surface area contributed by atoms with Crippen molar-refractivity contribution in [3.8, 4) is 0 Å². The molecule has 4 nitrogen and oxygen atoms in total. The van der Waals surface area contributed by atoms with Crippen LogP contribution in [0.1, 0.15) is 51.0 Å². The predicted octanol–water partition coefficient (Wildman–Crippen LogP) is 4.44. The molecule has 1 saturated carbocycles. The van der Waals surface area contributed by atoms with Crippen molar-refractivity contribution < 1.29 is 9.18 Å². The Morgan fingerprint density at radius 2 is 1.90 bits per heavy atom. The number of allylic oxidation sites excluding steroid dienone is 3. The molecule has 30 heavy (non-hydrogen) atoms. The van der Waals surface area contributed by atoms with E-state index in [1.54, 1.807) is 6.08 Å². The summed E-state index contributed by atoms with van der Waals surface area (Å²) in [5.41, 5.74) is -0.352. The number of piperidine rings is 3. The highest BCUT2D eigenvalue weighted by atomic mass is 19.1. The quantitative estimate of drug-likeness (QED) is 0.755. The van der Waals surface area contributed by atoms with Crippen molar-refractivity contribution in [3.63, 3.8) is 0 Å². The minimum absolute atomic E-state index is 0.178. The zero-order valence-corrected chi connectivity index (χ0v) is 17.8. The molecule has 1 aromatic rings. The number of hydrogen-bond donors (Lipinski definition) is 2. The van der Waals surface area contributed by atoms with E-state index in [1.807, 2.05) is 42.5 Å². The van der Waals surface area contributed by atoms with Gasteiger partial charge in [0.1, 0.15) is 0 Å². The molecule has 160 valence electrons. The van der Waals surface area contributed by atoms with Gasteiger partial charge in [-0.25, -0.2) is 9.18 Å². The molecule has 6 rings (SSSR count). The summed E-state index contributed by atoms with van der Waals surface area (Å²) in [6.45, 7) is 5.34. The third kappa shape index (κ3) is 3.27. The molecule has 2 N–H and O–H groups in total. The van der Waals surface area contributed by atoms with E-state index in [2.05, 4.69) is 22.5 Å². The first-order chi connectivity index (χ1) is 14.5. The molecule has 2 unspecified atom stereocenters. The van der Waals surface area contributed by atoms with E-state index in [4.69, 9.17) is 0 Å². The van der Waals surface area contributed by atoms with Gasteiger partial charge in [0.25, 0.3) is 0 Å². The maximum Gasteiger partial charge on any atom is 0.315 e. The van der Waals surface area contributed by atoms with Gasteiger partial charge >= 0.3 is 6.03 Å². The second kappa shape index (κ2) is 7.23. The monoisotopic (exact) mass is 409 g/mol. The molecule has 2 amide bonds. The number of urea groups is 1. The zero-order valence-electron chi connectivity index (χ0n) is 17.8. The van der Waals surface area contributed by atoms with Crippen LogP contribution in [0.5, 0.6) is 0 Å². The Hall–Kier alpha value is -2.14. The Kier molecular flexibility index (Phi) is 4.77. The average Bonchev–Trinajstić information content (AvgIpc) is 3.57. The Labute approximate surface area is 178 Å². The molecule has 4 fully saturated rings. The van der Waals surface area contributed by atoms with Gasteiger partial charge in [0.05, 0.1) is 11.1 Å². The number of halogens is 1. The van der Waals surface area contributed by atoms with Gasteiger partial charge in [-0.05, 0) is 68.3 Å². The molecule has 1 aromatic carbocycles. The lowest BCUT2D eigenvalue weighted by atomic mass is 9.71. The summed E-state index contributed by atoms with van der Waals surface area (Å²) in [6, 6.07) is 9.85. The molecule has 0 aromatic heterocycles. The molecular weight excluding hydrogens is 377 g/mol. The second-order valence-electron chi connectivity index (χ2n) is 9.65. The SMILES string of the molecule is CCC1(NC(=O)NC2(C3(F)C=CC(c4ccccc4)=CC3)CC2)CN2CCC1CC2. The van der Waals surface area contributed by atoms with Crippen molar-refractivity contribution in [1.82, 2.24) is 15.5 Å². The van der Waals surface area contributed by atoms with Crippen LogP contribution < -0.4 is 10.6 Å². The lowest BCUT2D eigenvalue weighted by molar-refractivity contribution is 0.00945. The molecule has 2 bridgehead atoms. The molecular formula is C25H32FN3O. The summed E-state index contributed by atoms with van der Waals surface area (Å²) >= 11 is 0. The van der Waals surface area contributed by atoms with Crippen LogP contribution in [0.15, 0.2) is 48.6 Å². The number of nitrogens with zero attached hydrogens (tertiary/aromatic N) is 1. The van der Waals surface area contributed by atoms with Gasteiger partial charge < -0.3 is 15.5 Å². The largest absolute Gasteiger partial charge is 0.331 e. The van der Waals surface area contributed by atoms with Gasteiger partial charge in [-0.3, -0.25) is 0 Å². The summed E-state index contributed by atoms with van der Waals surface area (Å²) in [6.07, 6.45) is 10.4. The summed E-state index contributed by atoms with van der Waals surface area (Å²) in [7, 11) is 0. The van der Waals surface area contributed by atoms with E-state index in [0.717, 1.165) is 50.0 Å². The smallest absolute Gasteiger partial charge is 0.315 e. The first kappa shape index (κ1) is 19.8. The molecule has 0 spiro atoms. The zero-order chi connectivity index (χ0) is 20.8. The van der Waals surface area contributed by atoms with E-state index < -0.39 is 11.2 Å². The highest BCUT2D eigenvalue weighted by Gasteiger charge is 2.60. The number of amides is 2. The van der Waals surface area contributed by atoms with E-state index in [1.165, 1.54) is 0 Å². The Morgan fingerprint density at radius 1 is 1.17 bits per heavy atom. The van der Waals surface area contributed by atoms with Crippen LogP contribution in [0.25, 0.3) is 5.57 Å². The highest BCUT2D eigenvalue weighted by molar-refractivity contribution is 5.78. The lowest BCUT2D eigenvalue weighted by Crippen LogP contribution is -2.69. The molecule has 3 heterocycles. The van der Waals surface area contributed by atoms with Crippen molar-refractivity contribution in [2.75, 3.05) is 19.6 Å². The molecule has 5 heteroatoms. The number of carbonyl (C=O) groups is 1. The van der Waals surface area contributed by atoms with Crippen molar-refractivity contribution in [2.24, 2.45) is 5.92 Å². The highest BCUT2D eigenvalue weighted by Crippen LogP contribution is 2.51. The number of carbonyl (C=O) groups excluding carboxylic acids is 1. The number of benzene rings is 1. The first-order valence-corrected chi connectivity index (χ1v) is 11.4. The number of alkyl halides is 1. The fourth-order valence-corrected chi connectivity index (χ4v) is 5.86. The molecule has 3 aliphatic heterocycles. The van der Waals surface area contributed by atoms with Gasteiger partial charge in [-0.15, -0.1) is 0 Å². The minimum Gasteiger partial charge on any atom is -0.331 e. The van der Waals surface area contributed by atoms with Gasteiger partial charge in [0.2, 0.25) is 0 Å². The number of nitrogens with one attached hydrogen (secondary N) is 2. The van der Waals surface area contributed by atoms with E-state index in [0.29, 0.717) is 25.2 Å². The predicted molar refractivity (Wildman–Crippen MR) is 118 cm³/mol. The molecule has 3 saturated heterocycles. The van der Waals surface area contributed by atoms with Crippen LogP contribution in [-0.4, -0.2) is 47.3 Å². The Bertz CT molecular complexity index is 870. The van der Waals surface area contributed by atoms with Gasteiger partial charge in [-0.2, -0.15) is 0 Å². The van der Waals surface area contributed by atoms with E-state index in [9.17, 15) is 4.79 Å². The van der Waals surface area contributed by atoms with Crippen molar-refractivity contribution >= 4 is 11.6 Å². The molecule has 2 atom stereocenters. The van der Waals surface area contributed by atoms with Crippen LogP contribution >= 0.6 is 0 Å². The topological polar surface area (TPSA) is 44.4 Å². The number of rotatable bonds is 5. The summed E-state index contributed by atoms with van der Waals surface area (Å²) in [5, 5.41) is 6.38. The molecule has 2 aliphatic carbocycles. The Balaban J connectivity index is 1.27. The average molecular weight is 410 g/mol. The fraction of sp³-hybridized carbons (Fsp3) is 0.560. The first-order valence-electron chi connectivity index (χ1n) is 11.4. The maximum atomic E-state index is 16.0. The van der Waals surface area contributed by atoms with E-state index >= 15 is 4.39 Å². The van der Waals surface area contributed by atoms with E-state index in [-0.39, 0.29) is 11.6 Å². The normalized spacial score (nSPS) is 36.1. The van der Waals surface area contributed by atoms with Crippen molar-refractivity contribution in [3.05, 3.63) is 54.1 Å². The lowest BCUT2D eigenvalue weighted by Gasteiger charge is -2.53. The molecule has 0 radical (unpaired) electrons. The van der Waals surface area contributed by atoms with Crippen LogP contribution in [0.4, 0.5) is 9.18 Å². The van der Waals surface area contributed by atoms with Crippen LogP contribution in [0, 0.1) is 5.92 Å². The summed E-state index contributed by atoms with van der Waals surface area (Å²) in [5.74, 6) is 0.527. The van der Waals surface area contributed by atoms with Crippen LogP contribution in [0.2, 0.25) is 0 Å². The van der Waals surface area contributed by atoms with Gasteiger partial charge in [-0.1, -0.05) is 49.4 Å². The summed E-state index contributed by atoms with van der Waals surface area (Å²) < 4.78 is 16.0. The van der Waals surface area contributed by atoms with Gasteiger partial charge in [0.15, 0.2) is 5.67 Å². The molecule has 5 aliphatic rings. The number of fused-ring (bicyclic) bond motifs is 3. The van der Waals surface area contributed by atoms with Gasteiger partial charge in [0, 0.05) is 13.0 Å². The fourth-order valence-electron chi connectivity index (χ4n) is 5.86. The van der Waals surface area contributed by atoms with Crippen LogP contribution in [-0.2, 0) is 0 Å². The van der Waals surface area contributed by atoms with Crippen LogP contribution in [0.3, 0.4) is 0 Å². The Morgan fingerprint density at radius 3 is 2.43 bits per heavy atom. The third-order valence-electron chi connectivity index (χ3n) is 8.02. The van der Waals surface area contributed by atoms with Crippen molar-refractivity contribution in [2.45, 2.75) is 62.2 Å².